The van der Waals surface area contributed by atoms with Crippen LogP contribution in [-0.2, 0) is 7.05 Å². The SMILES string of the molecule is Cn1ccc2cc(C(=O)N3CC4(C[C@H](Oc5cccnc5)CS4)C3)ccc21. The number of pyridine rings is 1. The first kappa shape index (κ1) is 16.7. The van der Waals surface area contributed by atoms with Crippen LogP contribution in [0.25, 0.3) is 10.9 Å². The molecule has 138 valence electrons. The van der Waals surface area contributed by atoms with Crippen molar-refractivity contribution in [2.75, 3.05) is 18.8 Å². The van der Waals surface area contributed by atoms with E-state index in [1.807, 2.05) is 60.2 Å². The van der Waals surface area contributed by atoms with Gasteiger partial charge in [-0.05, 0) is 36.4 Å². The first-order valence-corrected chi connectivity index (χ1v) is 10.2. The number of fused-ring (bicyclic) bond motifs is 1. The highest BCUT2D eigenvalue weighted by Crippen LogP contribution is 2.46. The van der Waals surface area contributed by atoms with Gasteiger partial charge in [-0.15, -0.1) is 11.8 Å². The van der Waals surface area contributed by atoms with Crippen molar-refractivity contribution in [2.24, 2.45) is 7.05 Å². The summed E-state index contributed by atoms with van der Waals surface area (Å²) >= 11 is 1.94. The van der Waals surface area contributed by atoms with Gasteiger partial charge in [0.25, 0.3) is 5.91 Å². The van der Waals surface area contributed by atoms with Gasteiger partial charge in [-0.3, -0.25) is 9.78 Å². The molecule has 3 aromatic rings. The lowest BCUT2D eigenvalue weighted by Crippen LogP contribution is -2.60. The molecule has 6 heteroatoms. The molecule has 0 unspecified atom stereocenters. The number of hydrogen-bond acceptors (Lipinski definition) is 4. The molecule has 0 radical (unpaired) electrons. The molecule has 2 aromatic heterocycles. The topological polar surface area (TPSA) is 47.4 Å². The highest BCUT2D eigenvalue weighted by molar-refractivity contribution is 8.01. The largest absolute Gasteiger partial charge is 0.488 e. The molecule has 1 aromatic carbocycles. The zero-order valence-corrected chi connectivity index (χ0v) is 16.0. The predicted molar refractivity (Wildman–Crippen MR) is 107 cm³/mol. The summed E-state index contributed by atoms with van der Waals surface area (Å²) in [5.74, 6) is 1.92. The zero-order valence-electron chi connectivity index (χ0n) is 15.2. The Balaban J connectivity index is 1.22. The van der Waals surface area contributed by atoms with Crippen LogP contribution < -0.4 is 4.74 Å². The van der Waals surface area contributed by atoms with Gasteiger partial charge in [0.05, 0.1) is 10.9 Å². The molecule has 1 spiro atoms. The first-order valence-electron chi connectivity index (χ1n) is 9.17. The van der Waals surface area contributed by atoms with E-state index in [9.17, 15) is 4.79 Å². The van der Waals surface area contributed by atoms with E-state index >= 15 is 0 Å². The maximum Gasteiger partial charge on any atom is 0.253 e. The van der Waals surface area contributed by atoms with Crippen LogP contribution in [0, 0.1) is 0 Å². The third-order valence-electron chi connectivity index (χ3n) is 5.49. The number of carbonyl (C=O) groups excluding carboxylic acids is 1. The number of rotatable bonds is 3. The average molecular weight is 379 g/mol. The number of ether oxygens (including phenoxy) is 1. The van der Waals surface area contributed by atoms with Gasteiger partial charge in [0, 0.05) is 61.2 Å². The molecule has 0 aliphatic carbocycles. The average Bonchev–Trinajstić information content (AvgIpc) is 3.25. The summed E-state index contributed by atoms with van der Waals surface area (Å²) in [6, 6.07) is 11.8. The van der Waals surface area contributed by atoms with E-state index in [1.54, 1.807) is 12.4 Å². The standard InChI is InChI=1S/C21H21N3O2S/c1-23-8-6-15-9-16(4-5-19(15)23)20(25)24-13-21(14-24)10-18(12-27-21)26-17-3-2-7-22-11-17/h2-9,11,18H,10,12-14H2,1H3/t18-/m0/s1. The molecule has 1 amide bonds. The number of likely N-dealkylation sites (tertiary alicyclic amines) is 1. The van der Waals surface area contributed by atoms with Gasteiger partial charge in [-0.1, -0.05) is 0 Å². The number of thioether (sulfide) groups is 1. The van der Waals surface area contributed by atoms with Gasteiger partial charge in [0.15, 0.2) is 0 Å². The zero-order chi connectivity index (χ0) is 18.4. The van der Waals surface area contributed by atoms with Crippen LogP contribution in [0.15, 0.2) is 55.0 Å². The second-order valence-corrected chi connectivity index (χ2v) is 8.98. The van der Waals surface area contributed by atoms with Crippen molar-refractivity contribution in [2.45, 2.75) is 17.3 Å². The van der Waals surface area contributed by atoms with Gasteiger partial charge >= 0.3 is 0 Å². The summed E-state index contributed by atoms with van der Waals surface area (Å²) in [6.07, 6.45) is 6.70. The number of nitrogens with zero attached hydrogens (tertiary/aromatic N) is 3. The summed E-state index contributed by atoms with van der Waals surface area (Å²) < 4.78 is 8.27. The lowest BCUT2D eigenvalue weighted by atomic mass is 9.92. The highest BCUT2D eigenvalue weighted by Gasteiger charge is 2.51. The molecule has 5 nitrogen and oxygen atoms in total. The number of amides is 1. The van der Waals surface area contributed by atoms with Crippen molar-refractivity contribution in [3.63, 3.8) is 0 Å². The van der Waals surface area contributed by atoms with Crippen molar-refractivity contribution in [1.29, 1.82) is 0 Å². The van der Waals surface area contributed by atoms with Crippen molar-refractivity contribution in [1.82, 2.24) is 14.5 Å². The van der Waals surface area contributed by atoms with E-state index in [2.05, 4.69) is 15.6 Å². The first-order chi connectivity index (χ1) is 13.1. The van der Waals surface area contributed by atoms with E-state index in [4.69, 9.17) is 4.74 Å². The maximum absolute atomic E-state index is 12.9. The van der Waals surface area contributed by atoms with Gasteiger partial charge < -0.3 is 14.2 Å². The molecule has 2 aliphatic rings. The number of aryl methyl sites for hydroxylation is 1. The van der Waals surface area contributed by atoms with Gasteiger partial charge in [0.1, 0.15) is 11.9 Å². The molecule has 2 aliphatic heterocycles. The fourth-order valence-electron chi connectivity index (χ4n) is 4.10. The van der Waals surface area contributed by atoms with Crippen LogP contribution in [0.2, 0.25) is 0 Å². The highest BCUT2D eigenvalue weighted by atomic mass is 32.2. The minimum absolute atomic E-state index is 0.128. The fourth-order valence-corrected chi connectivity index (χ4v) is 5.62. The van der Waals surface area contributed by atoms with Crippen LogP contribution in [0.4, 0.5) is 0 Å². The van der Waals surface area contributed by atoms with Crippen molar-refractivity contribution >= 4 is 28.6 Å². The van der Waals surface area contributed by atoms with E-state index in [-0.39, 0.29) is 16.8 Å². The molecule has 27 heavy (non-hydrogen) atoms. The Morgan fingerprint density at radius 1 is 1.30 bits per heavy atom. The Morgan fingerprint density at radius 3 is 3.00 bits per heavy atom. The van der Waals surface area contributed by atoms with Crippen molar-refractivity contribution in [3.8, 4) is 5.75 Å². The maximum atomic E-state index is 12.9. The summed E-state index contributed by atoms with van der Waals surface area (Å²) in [5.41, 5.74) is 1.92. The Bertz CT molecular complexity index is 995. The van der Waals surface area contributed by atoms with E-state index in [0.717, 1.165) is 47.5 Å². The van der Waals surface area contributed by atoms with Crippen LogP contribution in [0.1, 0.15) is 16.8 Å². The monoisotopic (exact) mass is 379 g/mol. The molecule has 2 saturated heterocycles. The molecule has 0 N–H and O–H groups in total. The Labute approximate surface area is 162 Å². The molecule has 5 rings (SSSR count). The van der Waals surface area contributed by atoms with Crippen LogP contribution in [-0.4, -0.2) is 50.1 Å². The minimum Gasteiger partial charge on any atom is -0.488 e. The van der Waals surface area contributed by atoms with Gasteiger partial charge in [-0.25, -0.2) is 0 Å². The number of aromatic nitrogens is 2. The normalized spacial score (nSPS) is 20.8. The Hall–Kier alpha value is -2.47. The number of carbonyl (C=O) groups is 1. The fraction of sp³-hybridized carbons (Fsp3) is 0.333. The summed E-state index contributed by atoms with van der Waals surface area (Å²) in [6.45, 7) is 1.60. The second kappa shape index (κ2) is 6.30. The molecular formula is C21H21N3O2S. The number of benzene rings is 1. The number of hydrogen-bond donors (Lipinski definition) is 0. The molecule has 4 heterocycles. The molecule has 1 atom stereocenters. The third-order valence-corrected chi connectivity index (χ3v) is 7.07. The quantitative estimate of drug-likeness (QED) is 0.700. The van der Waals surface area contributed by atoms with E-state index < -0.39 is 0 Å². The predicted octanol–water partition coefficient (Wildman–Crippen LogP) is 3.35. The van der Waals surface area contributed by atoms with Crippen LogP contribution in [0.3, 0.4) is 0 Å². The summed E-state index contributed by atoms with van der Waals surface area (Å²) in [4.78, 5) is 18.9. The van der Waals surface area contributed by atoms with E-state index in [0.29, 0.717) is 0 Å². The third kappa shape index (κ3) is 2.98. The second-order valence-electron chi connectivity index (χ2n) is 7.49. The lowest BCUT2D eigenvalue weighted by molar-refractivity contribution is 0.0518. The molecular weight excluding hydrogens is 358 g/mol. The summed E-state index contributed by atoms with van der Waals surface area (Å²) in [5, 5.41) is 1.11. The Kier molecular flexibility index (Phi) is 3.90. The van der Waals surface area contributed by atoms with Gasteiger partial charge in [-0.2, -0.15) is 0 Å². The smallest absolute Gasteiger partial charge is 0.253 e. The van der Waals surface area contributed by atoms with Crippen molar-refractivity contribution in [3.05, 3.63) is 60.6 Å². The van der Waals surface area contributed by atoms with Gasteiger partial charge in [0.2, 0.25) is 0 Å². The van der Waals surface area contributed by atoms with Crippen LogP contribution >= 0.6 is 11.8 Å². The molecule has 2 fully saturated rings. The Morgan fingerprint density at radius 2 is 2.19 bits per heavy atom. The molecule has 0 saturated carbocycles. The van der Waals surface area contributed by atoms with Crippen molar-refractivity contribution < 1.29 is 9.53 Å². The lowest BCUT2D eigenvalue weighted by Gasteiger charge is -2.47. The van der Waals surface area contributed by atoms with Crippen LogP contribution in [0.5, 0.6) is 5.75 Å². The molecule has 0 bridgehead atoms. The van der Waals surface area contributed by atoms with E-state index in [1.165, 1.54) is 0 Å². The summed E-state index contributed by atoms with van der Waals surface area (Å²) in [7, 11) is 2.02. The minimum atomic E-state index is 0.128.